The molecular formula is C27H34FNO3. The Morgan fingerprint density at radius 1 is 1.19 bits per heavy atom. The van der Waals surface area contributed by atoms with Crippen LogP contribution in [0.4, 0.5) is 4.39 Å². The van der Waals surface area contributed by atoms with E-state index in [1.54, 1.807) is 6.07 Å². The van der Waals surface area contributed by atoms with Crippen molar-refractivity contribution < 1.29 is 18.7 Å². The van der Waals surface area contributed by atoms with E-state index in [0.717, 1.165) is 24.2 Å². The minimum Gasteiger partial charge on any atom is -0.489 e. The van der Waals surface area contributed by atoms with Crippen LogP contribution in [0.1, 0.15) is 57.1 Å². The van der Waals surface area contributed by atoms with E-state index in [0.29, 0.717) is 5.92 Å². The molecule has 4 nitrogen and oxygen atoms in total. The maximum absolute atomic E-state index is 14.5. The SMILES string of the molecule is C=CC(=O)NCCOc1ccc(-c2ccc(C3CCC(CCCCC)CO3)cc2)cc1F. The second-order valence-corrected chi connectivity index (χ2v) is 8.37. The normalized spacial score (nSPS) is 18.2. The number of hydrogen-bond acceptors (Lipinski definition) is 3. The van der Waals surface area contributed by atoms with Crippen LogP contribution in [-0.4, -0.2) is 25.7 Å². The molecule has 0 aliphatic carbocycles. The maximum atomic E-state index is 14.5. The third-order valence-electron chi connectivity index (χ3n) is 5.98. The lowest BCUT2D eigenvalue weighted by molar-refractivity contribution is -0.116. The van der Waals surface area contributed by atoms with Crippen LogP contribution in [0.25, 0.3) is 11.1 Å². The molecule has 0 aromatic heterocycles. The number of nitrogens with one attached hydrogen (secondary N) is 1. The second kappa shape index (κ2) is 12.4. The van der Waals surface area contributed by atoms with Crippen LogP contribution in [0.2, 0.25) is 0 Å². The lowest BCUT2D eigenvalue weighted by atomic mass is 9.90. The standard InChI is InChI=1S/C27H34FNO3/c1-3-5-6-7-20-8-14-25(32-19-20)22-11-9-21(10-12-22)23-13-15-26(24(28)18-23)31-17-16-29-27(30)4-2/h4,9-13,15,18,20,25H,2-3,5-8,14,16-17,19H2,1H3,(H,29,30). The molecule has 1 aliphatic rings. The lowest BCUT2D eigenvalue weighted by Gasteiger charge is -2.29. The Morgan fingerprint density at radius 3 is 2.62 bits per heavy atom. The van der Waals surface area contributed by atoms with E-state index in [-0.39, 0.29) is 30.9 Å². The van der Waals surface area contributed by atoms with Crippen LogP contribution in [0, 0.1) is 11.7 Å². The summed E-state index contributed by atoms with van der Waals surface area (Å²) in [5.41, 5.74) is 2.93. The van der Waals surface area contributed by atoms with E-state index in [2.05, 4.69) is 31.0 Å². The van der Waals surface area contributed by atoms with Crippen LogP contribution in [0.3, 0.4) is 0 Å². The van der Waals surface area contributed by atoms with Crippen molar-refractivity contribution in [3.05, 3.63) is 66.5 Å². The fourth-order valence-electron chi connectivity index (χ4n) is 4.07. The van der Waals surface area contributed by atoms with Gasteiger partial charge in [-0.15, -0.1) is 0 Å². The third kappa shape index (κ3) is 6.92. The van der Waals surface area contributed by atoms with Gasteiger partial charge in [-0.3, -0.25) is 4.79 Å². The summed E-state index contributed by atoms with van der Waals surface area (Å²) in [4.78, 5) is 11.1. The number of unbranched alkanes of at least 4 members (excludes halogenated alkanes) is 2. The zero-order valence-corrected chi connectivity index (χ0v) is 18.9. The molecule has 3 rings (SSSR count). The minimum atomic E-state index is -0.425. The first-order valence-electron chi connectivity index (χ1n) is 11.6. The topological polar surface area (TPSA) is 47.6 Å². The van der Waals surface area contributed by atoms with Gasteiger partial charge in [0.25, 0.3) is 0 Å². The predicted molar refractivity (Wildman–Crippen MR) is 126 cm³/mol. The molecule has 0 radical (unpaired) electrons. The molecule has 1 heterocycles. The fourth-order valence-corrected chi connectivity index (χ4v) is 4.07. The monoisotopic (exact) mass is 439 g/mol. The minimum absolute atomic E-state index is 0.153. The molecule has 5 heteroatoms. The van der Waals surface area contributed by atoms with Crippen molar-refractivity contribution in [3.8, 4) is 16.9 Å². The van der Waals surface area contributed by atoms with Crippen LogP contribution in [0.5, 0.6) is 5.75 Å². The van der Waals surface area contributed by atoms with Crippen molar-refractivity contribution in [2.75, 3.05) is 19.8 Å². The summed E-state index contributed by atoms with van der Waals surface area (Å²) >= 11 is 0. The molecule has 32 heavy (non-hydrogen) atoms. The Hall–Kier alpha value is -2.66. The summed E-state index contributed by atoms with van der Waals surface area (Å²) in [5, 5.41) is 2.59. The van der Waals surface area contributed by atoms with Gasteiger partial charge in [-0.1, -0.05) is 63.1 Å². The highest BCUT2D eigenvalue weighted by Gasteiger charge is 2.22. The molecule has 1 amide bonds. The van der Waals surface area contributed by atoms with E-state index in [4.69, 9.17) is 9.47 Å². The van der Waals surface area contributed by atoms with Gasteiger partial charge in [-0.05, 0) is 60.1 Å². The van der Waals surface area contributed by atoms with E-state index in [1.165, 1.54) is 49.8 Å². The van der Waals surface area contributed by atoms with Crippen molar-refractivity contribution in [2.24, 2.45) is 5.92 Å². The third-order valence-corrected chi connectivity index (χ3v) is 5.98. The molecule has 1 fully saturated rings. The molecule has 0 bridgehead atoms. The van der Waals surface area contributed by atoms with Crippen molar-refractivity contribution >= 4 is 5.91 Å². The molecule has 2 aromatic rings. The Labute approximate surface area is 190 Å². The van der Waals surface area contributed by atoms with Gasteiger partial charge in [0.2, 0.25) is 5.91 Å². The van der Waals surface area contributed by atoms with Gasteiger partial charge < -0.3 is 14.8 Å². The van der Waals surface area contributed by atoms with Crippen molar-refractivity contribution in [3.63, 3.8) is 0 Å². The second-order valence-electron chi connectivity index (χ2n) is 8.37. The summed E-state index contributed by atoms with van der Waals surface area (Å²) in [6, 6.07) is 13.2. The van der Waals surface area contributed by atoms with E-state index < -0.39 is 5.82 Å². The van der Waals surface area contributed by atoms with Crippen molar-refractivity contribution in [2.45, 2.75) is 51.6 Å². The molecule has 1 saturated heterocycles. The number of halogens is 1. The van der Waals surface area contributed by atoms with Gasteiger partial charge in [-0.25, -0.2) is 4.39 Å². The van der Waals surface area contributed by atoms with Gasteiger partial charge in [0.15, 0.2) is 11.6 Å². The molecule has 1 aliphatic heterocycles. The van der Waals surface area contributed by atoms with Crippen LogP contribution in [-0.2, 0) is 9.53 Å². The molecule has 2 atom stereocenters. The highest BCUT2D eigenvalue weighted by Crippen LogP contribution is 2.34. The van der Waals surface area contributed by atoms with Gasteiger partial charge in [0.05, 0.1) is 19.3 Å². The highest BCUT2D eigenvalue weighted by atomic mass is 19.1. The summed E-state index contributed by atoms with van der Waals surface area (Å²) in [6.45, 7) is 6.94. The number of rotatable bonds is 11. The average Bonchev–Trinajstić information content (AvgIpc) is 2.83. The average molecular weight is 440 g/mol. The Kier molecular flexibility index (Phi) is 9.29. The van der Waals surface area contributed by atoms with E-state index in [1.807, 2.05) is 18.2 Å². The van der Waals surface area contributed by atoms with Gasteiger partial charge >= 0.3 is 0 Å². The number of hydrogen-bond donors (Lipinski definition) is 1. The Balaban J connectivity index is 1.52. The summed E-state index contributed by atoms with van der Waals surface area (Å²) in [5.74, 6) is 0.158. The first-order chi connectivity index (χ1) is 15.6. The number of carbonyl (C=O) groups excluding carboxylic acids is 1. The zero-order valence-electron chi connectivity index (χ0n) is 18.9. The first kappa shape index (κ1) is 24.0. The maximum Gasteiger partial charge on any atom is 0.243 e. The summed E-state index contributed by atoms with van der Waals surface area (Å²) in [6.07, 6.45) is 8.77. The predicted octanol–water partition coefficient (Wildman–Crippen LogP) is 6.22. The number of benzene rings is 2. The smallest absolute Gasteiger partial charge is 0.243 e. The Bertz CT molecular complexity index is 873. The van der Waals surface area contributed by atoms with Crippen molar-refractivity contribution in [1.82, 2.24) is 5.32 Å². The summed E-state index contributed by atoms with van der Waals surface area (Å²) in [7, 11) is 0. The molecule has 0 saturated carbocycles. The summed E-state index contributed by atoms with van der Waals surface area (Å²) < 4.78 is 26.0. The lowest BCUT2D eigenvalue weighted by Crippen LogP contribution is -2.26. The van der Waals surface area contributed by atoms with Crippen LogP contribution < -0.4 is 10.1 Å². The molecule has 2 unspecified atom stereocenters. The van der Waals surface area contributed by atoms with Gasteiger partial charge in [0, 0.05) is 0 Å². The molecular weight excluding hydrogens is 405 g/mol. The zero-order chi connectivity index (χ0) is 22.8. The van der Waals surface area contributed by atoms with E-state index in [9.17, 15) is 9.18 Å². The number of ether oxygens (including phenoxy) is 2. The number of carbonyl (C=O) groups is 1. The first-order valence-corrected chi connectivity index (χ1v) is 11.6. The van der Waals surface area contributed by atoms with Crippen molar-refractivity contribution in [1.29, 1.82) is 0 Å². The van der Waals surface area contributed by atoms with Gasteiger partial charge in [-0.2, -0.15) is 0 Å². The molecule has 1 N–H and O–H groups in total. The van der Waals surface area contributed by atoms with Crippen LogP contribution >= 0.6 is 0 Å². The highest BCUT2D eigenvalue weighted by molar-refractivity contribution is 5.86. The molecule has 172 valence electrons. The Morgan fingerprint density at radius 2 is 1.97 bits per heavy atom. The van der Waals surface area contributed by atoms with E-state index >= 15 is 0 Å². The molecule has 2 aromatic carbocycles. The quantitative estimate of drug-likeness (QED) is 0.334. The van der Waals surface area contributed by atoms with Gasteiger partial charge in [0.1, 0.15) is 6.61 Å². The van der Waals surface area contributed by atoms with Crippen LogP contribution in [0.15, 0.2) is 55.1 Å². The molecule has 0 spiro atoms. The fraction of sp³-hybridized carbons (Fsp3) is 0.444. The largest absolute Gasteiger partial charge is 0.489 e. The number of amides is 1.